The standard InChI is InChI=1S/C18H22F3N/c1-2-3-4-5-13-6-8-14(9-7-13)10-11-15-12-16(19)18(21)22-17(15)20/h12-14H,2-9H2,1H3. The summed E-state index contributed by atoms with van der Waals surface area (Å²) in [7, 11) is 0. The summed E-state index contributed by atoms with van der Waals surface area (Å²) < 4.78 is 39.2. The van der Waals surface area contributed by atoms with E-state index in [9.17, 15) is 13.2 Å². The molecule has 1 aromatic rings. The van der Waals surface area contributed by atoms with Crippen molar-refractivity contribution in [1.29, 1.82) is 0 Å². The molecule has 0 aliphatic heterocycles. The lowest BCUT2D eigenvalue weighted by Gasteiger charge is -2.25. The van der Waals surface area contributed by atoms with Gasteiger partial charge in [-0.1, -0.05) is 44.4 Å². The summed E-state index contributed by atoms with van der Waals surface area (Å²) in [6, 6.07) is 0.779. The van der Waals surface area contributed by atoms with Crippen molar-refractivity contribution in [2.45, 2.75) is 58.3 Å². The molecule has 1 heterocycles. The van der Waals surface area contributed by atoms with Gasteiger partial charge >= 0.3 is 0 Å². The van der Waals surface area contributed by atoms with Crippen LogP contribution in [0, 0.1) is 41.4 Å². The van der Waals surface area contributed by atoms with Gasteiger partial charge in [-0.05, 0) is 37.7 Å². The van der Waals surface area contributed by atoms with Crippen molar-refractivity contribution in [2.75, 3.05) is 0 Å². The zero-order valence-corrected chi connectivity index (χ0v) is 13.0. The fourth-order valence-electron chi connectivity index (χ4n) is 2.99. The molecule has 0 spiro atoms. The van der Waals surface area contributed by atoms with Crippen molar-refractivity contribution >= 4 is 0 Å². The Balaban J connectivity index is 1.88. The minimum absolute atomic E-state index is 0.163. The van der Waals surface area contributed by atoms with E-state index in [0.717, 1.165) is 37.7 Å². The van der Waals surface area contributed by atoms with E-state index in [2.05, 4.69) is 23.7 Å². The first-order valence-electron chi connectivity index (χ1n) is 8.13. The summed E-state index contributed by atoms with van der Waals surface area (Å²) >= 11 is 0. The van der Waals surface area contributed by atoms with E-state index < -0.39 is 17.7 Å². The largest absolute Gasteiger partial charge is 0.251 e. The monoisotopic (exact) mass is 309 g/mol. The summed E-state index contributed by atoms with van der Waals surface area (Å²) in [6.07, 6.45) is 9.43. The number of unbranched alkanes of at least 4 members (excludes halogenated alkanes) is 2. The van der Waals surface area contributed by atoms with Crippen LogP contribution in [0.15, 0.2) is 6.07 Å². The molecule has 1 aliphatic carbocycles. The van der Waals surface area contributed by atoms with Crippen LogP contribution in [0.4, 0.5) is 13.2 Å². The third-order valence-corrected chi connectivity index (χ3v) is 4.36. The lowest BCUT2D eigenvalue weighted by atomic mass is 9.80. The highest BCUT2D eigenvalue weighted by atomic mass is 19.2. The molecule has 1 aromatic heterocycles. The molecule has 0 amide bonds. The Hall–Kier alpha value is -1.50. The fourth-order valence-corrected chi connectivity index (χ4v) is 2.99. The highest BCUT2D eigenvalue weighted by molar-refractivity contribution is 5.33. The van der Waals surface area contributed by atoms with Crippen molar-refractivity contribution in [2.24, 2.45) is 11.8 Å². The second kappa shape index (κ2) is 8.22. The maximum absolute atomic E-state index is 13.4. The van der Waals surface area contributed by atoms with E-state index in [4.69, 9.17) is 0 Å². The molecule has 0 saturated heterocycles. The Bertz CT molecular complexity index is 551. The summed E-state index contributed by atoms with van der Waals surface area (Å²) in [5.74, 6) is 2.99. The molecule has 1 nitrogen and oxygen atoms in total. The molecule has 1 saturated carbocycles. The first-order valence-corrected chi connectivity index (χ1v) is 8.13. The van der Waals surface area contributed by atoms with Gasteiger partial charge in [0.25, 0.3) is 5.95 Å². The number of halogens is 3. The Labute approximate surface area is 130 Å². The van der Waals surface area contributed by atoms with Crippen LogP contribution in [0.2, 0.25) is 0 Å². The van der Waals surface area contributed by atoms with Gasteiger partial charge in [0.15, 0.2) is 5.82 Å². The van der Waals surface area contributed by atoms with E-state index in [1.165, 1.54) is 25.7 Å². The van der Waals surface area contributed by atoms with E-state index in [1.807, 2.05) is 0 Å². The smallest absolute Gasteiger partial charge is 0.202 e. The van der Waals surface area contributed by atoms with Crippen molar-refractivity contribution in [3.8, 4) is 11.8 Å². The highest BCUT2D eigenvalue weighted by Crippen LogP contribution is 2.31. The van der Waals surface area contributed by atoms with Crippen molar-refractivity contribution in [1.82, 2.24) is 4.98 Å². The van der Waals surface area contributed by atoms with Gasteiger partial charge in [0.1, 0.15) is 0 Å². The molecule has 0 bridgehead atoms. The van der Waals surface area contributed by atoms with Gasteiger partial charge in [-0.25, -0.2) is 4.39 Å². The van der Waals surface area contributed by atoms with Crippen LogP contribution < -0.4 is 0 Å². The summed E-state index contributed by atoms with van der Waals surface area (Å²) in [5.41, 5.74) is -0.163. The molecule has 0 radical (unpaired) electrons. The second-order valence-corrected chi connectivity index (χ2v) is 6.08. The van der Waals surface area contributed by atoms with Gasteiger partial charge in [-0.3, -0.25) is 0 Å². The maximum Gasteiger partial charge on any atom is 0.251 e. The third-order valence-electron chi connectivity index (χ3n) is 4.36. The van der Waals surface area contributed by atoms with Gasteiger partial charge in [0.05, 0.1) is 5.56 Å². The van der Waals surface area contributed by atoms with Gasteiger partial charge in [0, 0.05) is 5.92 Å². The highest BCUT2D eigenvalue weighted by Gasteiger charge is 2.19. The molecule has 1 fully saturated rings. The molecule has 0 unspecified atom stereocenters. The molecular formula is C18H22F3N. The van der Waals surface area contributed by atoms with Crippen LogP contribution in [0.5, 0.6) is 0 Å². The third kappa shape index (κ3) is 4.76. The maximum atomic E-state index is 13.4. The van der Waals surface area contributed by atoms with Gasteiger partial charge in [0.2, 0.25) is 5.95 Å². The average molecular weight is 309 g/mol. The van der Waals surface area contributed by atoms with E-state index in [1.54, 1.807) is 0 Å². The summed E-state index contributed by atoms with van der Waals surface area (Å²) in [5, 5.41) is 0. The summed E-state index contributed by atoms with van der Waals surface area (Å²) in [4.78, 5) is 2.88. The Morgan fingerprint density at radius 1 is 1.09 bits per heavy atom. The van der Waals surface area contributed by atoms with E-state index >= 15 is 0 Å². The van der Waals surface area contributed by atoms with E-state index in [-0.39, 0.29) is 11.5 Å². The van der Waals surface area contributed by atoms with Crippen molar-refractivity contribution in [3.05, 3.63) is 29.3 Å². The minimum atomic E-state index is -1.42. The molecule has 2 rings (SSSR count). The van der Waals surface area contributed by atoms with Crippen LogP contribution in [-0.4, -0.2) is 4.98 Å². The molecule has 22 heavy (non-hydrogen) atoms. The molecule has 0 aromatic carbocycles. The Morgan fingerprint density at radius 2 is 1.82 bits per heavy atom. The normalized spacial score (nSPS) is 21.3. The molecule has 4 heteroatoms. The number of pyridine rings is 1. The van der Waals surface area contributed by atoms with Crippen LogP contribution in [-0.2, 0) is 0 Å². The SMILES string of the molecule is CCCCCC1CCC(C#Cc2cc(F)c(F)nc2F)CC1. The van der Waals surface area contributed by atoms with Crippen LogP contribution in [0.1, 0.15) is 63.9 Å². The topological polar surface area (TPSA) is 12.9 Å². The molecule has 120 valence electrons. The molecular weight excluding hydrogens is 287 g/mol. The predicted molar refractivity (Wildman–Crippen MR) is 80.6 cm³/mol. The first-order chi connectivity index (χ1) is 10.6. The second-order valence-electron chi connectivity index (χ2n) is 6.08. The van der Waals surface area contributed by atoms with Gasteiger partial charge < -0.3 is 0 Å². The summed E-state index contributed by atoms with van der Waals surface area (Å²) in [6.45, 7) is 2.21. The van der Waals surface area contributed by atoms with Crippen LogP contribution in [0.3, 0.4) is 0 Å². The Morgan fingerprint density at radius 3 is 2.50 bits per heavy atom. The number of nitrogens with zero attached hydrogens (tertiary/aromatic N) is 1. The lowest BCUT2D eigenvalue weighted by molar-refractivity contribution is 0.294. The lowest BCUT2D eigenvalue weighted by Crippen LogP contribution is -2.13. The quantitative estimate of drug-likeness (QED) is 0.421. The van der Waals surface area contributed by atoms with Crippen LogP contribution in [0.25, 0.3) is 0 Å². The first kappa shape index (κ1) is 16.9. The zero-order valence-electron chi connectivity index (χ0n) is 13.0. The van der Waals surface area contributed by atoms with E-state index in [0.29, 0.717) is 0 Å². The predicted octanol–water partition coefficient (Wildman–Crippen LogP) is 5.24. The minimum Gasteiger partial charge on any atom is -0.202 e. The average Bonchev–Trinajstić information content (AvgIpc) is 2.51. The molecule has 1 aliphatic rings. The number of aromatic nitrogens is 1. The van der Waals surface area contributed by atoms with Gasteiger partial charge in [-0.2, -0.15) is 13.8 Å². The molecule has 0 atom stereocenters. The van der Waals surface area contributed by atoms with Crippen molar-refractivity contribution < 1.29 is 13.2 Å². The van der Waals surface area contributed by atoms with Crippen molar-refractivity contribution in [3.63, 3.8) is 0 Å². The Kier molecular flexibility index (Phi) is 6.30. The molecule has 0 N–H and O–H groups in total. The fraction of sp³-hybridized carbons (Fsp3) is 0.611. The van der Waals surface area contributed by atoms with Gasteiger partial charge in [-0.15, -0.1) is 0 Å². The number of hydrogen-bond donors (Lipinski definition) is 0. The number of rotatable bonds is 4. The van der Waals surface area contributed by atoms with Crippen LogP contribution >= 0.6 is 0 Å². The zero-order chi connectivity index (χ0) is 15.9. The number of hydrogen-bond acceptors (Lipinski definition) is 1.